The number of H-pyrrole nitrogens is 1. The van der Waals surface area contributed by atoms with Crippen molar-refractivity contribution in [2.45, 2.75) is 13.0 Å². The highest BCUT2D eigenvalue weighted by Crippen LogP contribution is 2.17. The first-order valence-electron chi connectivity index (χ1n) is 9.46. The van der Waals surface area contributed by atoms with Crippen LogP contribution in [0.4, 0.5) is 10.2 Å². The van der Waals surface area contributed by atoms with E-state index in [1.54, 1.807) is 30.5 Å². The molecule has 0 saturated heterocycles. The average Bonchev–Trinajstić information content (AvgIpc) is 3.17. The van der Waals surface area contributed by atoms with E-state index in [4.69, 9.17) is 0 Å². The SMILES string of the molecule is O=C(NCCc1c[nH]c2ccccc12)c1ccc(NCc2ccc(F)cc2)nc1. The smallest absolute Gasteiger partial charge is 0.252 e. The number of carbonyl (C=O) groups excluding carboxylic acids is 1. The van der Waals surface area contributed by atoms with Gasteiger partial charge in [-0.3, -0.25) is 4.79 Å². The number of hydrogen-bond donors (Lipinski definition) is 3. The molecule has 5 nitrogen and oxygen atoms in total. The third-order valence-electron chi connectivity index (χ3n) is 4.77. The van der Waals surface area contributed by atoms with Crippen molar-refractivity contribution in [2.24, 2.45) is 0 Å². The van der Waals surface area contributed by atoms with Crippen LogP contribution in [0.5, 0.6) is 0 Å². The molecule has 0 saturated carbocycles. The van der Waals surface area contributed by atoms with Gasteiger partial charge in [0.15, 0.2) is 0 Å². The quantitative estimate of drug-likeness (QED) is 0.442. The van der Waals surface area contributed by atoms with Crippen LogP contribution in [-0.2, 0) is 13.0 Å². The van der Waals surface area contributed by atoms with Gasteiger partial charge >= 0.3 is 0 Å². The zero-order valence-corrected chi connectivity index (χ0v) is 15.8. The number of rotatable bonds is 7. The summed E-state index contributed by atoms with van der Waals surface area (Å²) in [5.41, 5.74) is 3.74. The van der Waals surface area contributed by atoms with Crippen LogP contribution < -0.4 is 10.6 Å². The second-order valence-electron chi connectivity index (χ2n) is 6.78. The van der Waals surface area contributed by atoms with Crippen LogP contribution >= 0.6 is 0 Å². The van der Waals surface area contributed by atoms with E-state index in [9.17, 15) is 9.18 Å². The number of pyridine rings is 1. The summed E-state index contributed by atoms with van der Waals surface area (Å²) < 4.78 is 12.9. The van der Waals surface area contributed by atoms with Crippen LogP contribution in [-0.4, -0.2) is 22.4 Å². The number of hydrogen-bond acceptors (Lipinski definition) is 3. The summed E-state index contributed by atoms with van der Waals surface area (Å²) in [6.45, 7) is 1.08. The number of nitrogens with zero attached hydrogens (tertiary/aromatic N) is 1. The molecule has 0 radical (unpaired) electrons. The summed E-state index contributed by atoms with van der Waals surface area (Å²) in [7, 11) is 0. The van der Waals surface area contributed by atoms with Crippen LogP contribution in [0.2, 0.25) is 0 Å². The van der Waals surface area contributed by atoms with Crippen molar-refractivity contribution in [2.75, 3.05) is 11.9 Å². The van der Waals surface area contributed by atoms with E-state index in [1.165, 1.54) is 23.1 Å². The Morgan fingerprint density at radius 2 is 1.86 bits per heavy atom. The molecule has 0 unspecified atom stereocenters. The maximum absolute atomic E-state index is 12.9. The van der Waals surface area contributed by atoms with Crippen LogP contribution in [0, 0.1) is 5.82 Å². The highest BCUT2D eigenvalue weighted by Gasteiger charge is 2.07. The van der Waals surface area contributed by atoms with Gasteiger partial charge in [-0.2, -0.15) is 0 Å². The van der Waals surface area contributed by atoms with Gasteiger partial charge in [-0.15, -0.1) is 0 Å². The predicted molar refractivity (Wildman–Crippen MR) is 112 cm³/mol. The van der Waals surface area contributed by atoms with Gasteiger partial charge < -0.3 is 15.6 Å². The number of benzene rings is 2. The Labute approximate surface area is 168 Å². The second kappa shape index (κ2) is 8.56. The van der Waals surface area contributed by atoms with Crippen molar-refractivity contribution in [1.29, 1.82) is 0 Å². The molecule has 0 aliphatic carbocycles. The summed E-state index contributed by atoms with van der Waals surface area (Å²) >= 11 is 0. The molecule has 0 aliphatic rings. The summed E-state index contributed by atoms with van der Waals surface area (Å²) in [5.74, 6) is 0.249. The molecular formula is C23H21FN4O. The number of fused-ring (bicyclic) bond motifs is 1. The fourth-order valence-corrected chi connectivity index (χ4v) is 3.18. The molecule has 0 bridgehead atoms. The first-order chi connectivity index (χ1) is 14.2. The molecule has 29 heavy (non-hydrogen) atoms. The number of amides is 1. The number of anilines is 1. The number of carbonyl (C=O) groups is 1. The third kappa shape index (κ3) is 4.60. The van der Waals surface area contributed by atoms with E-state index in [-0.39, 0.29) is 11.7 Å². The molecule has 0 atom stereocenters. The monoisotopic (exact) mass is 388 g/mol. The van der Waals surface area contributed by atoms with Gasteiger partial charge in [0.25, 0.3) is 5.91 Å². The van der Waals surface area contributed by atoms with Crippen molar-refractivity contribution in [3.8, 4) is 0 Å². The van der Waals surface area contributed by atoms with Gasteiger partial charge in [-0.25, -0.2) is 9.37 Å². The Morgan fingerprint density at radius 3 is 2.66 bits per heavy atom. The Balaban J connectivity index is 1.28. The fourth-order valence-electron chi connectivity index (χ4n) is 3.18. The maximum Gasteiger partial charge on any atom is 0.252 e. The van der Waals surface area contributed by atoms with E-state index < -0.39 is 0 Å². The number of aromatic amines is 1. The fraction of sp³-hybridized carbons (Fsp3) is 0.130. The second-order valence-corrected chi connectivity index (χ2v) is 6.78. The summed E-state index contributed by atoms with van der Waals surface area (Å²) in [6.07, 6.45) is 4.29. The van der Waals surface area contributed by atoms with E-state index in [0.29, 0.717) is 24.5 Å². The molecule has 4 aromatic rings. The largest absolute Gasteiger partial charge is 0.366 e. The lowest BCUT2D eigenvalue weighted by atomic mass is 10.1. The molecule has 0 aliphatic heterocycles. The predicted octanol–water partition coefficient (Wildman–Crippen LogP) is 4.29. The highest BCUT2D eigenvalue weighted by molar-refractivity contribution is 5.94. The van der Waals surface area contributed by atoms with Gasteiger partial charge in [0.1, 0.15) is 11.6 Å². The molecule has 146 valence electrons. The van der Waals surface area contributed by atoms with Gasteiger partial charge in [-0.1, -0.05) is 30.3 Å². The zero-order chi connectivity index (χ0) is 20.1. The molecule has 2 aromatic heterocycles. The number of aromatic nitrogens is 2. The highest BCUT2D eigenvalue weighted by atomic mass is 19.1. The Bertz CT molecular complexity index is 1100. The summed E-state index contributed by atoms with van der Waals surface area (Å²) in [5, 5.41) is 7.27. The molecule has 0 fully saturated rings. The lowest BCUT2D eigenvalue weighted by Crippen LogP contribution is -2.25. The Hall–Kier alpha value is -3.67. The molecule has 1 amide bonds. The van der Waals surface area contributed by atoms with Gasteiger partial charge in [0.2, 0.25) is 0 Å². The van der Waals surface area contributed by atoms with Crippen LogP contribution in [0.3, 0.4) is 0 Å². The van der Waals surface area contributed by atoms with E-state index in [0.717, 1.165) is 17.5 Å². The van der Waals surface area contributed by atoms with Crippen molar-refractivity contribution >= 4 is 22.6 Å². The van der Waals surface area contributed by atoms with Gasteiger partial charge in [0.05, 0.1) is 5.56 Å². The number of para-hydroxylation sites is 1. The molecule has 6 heteroatoms. The number of halogens is 1. The topological polar surface area (TPSA) is 69.8 Å². The van der Waals surface area contributed by atoms with Crippen LogP contribution in [0.25, 0.3) is 10.9 Å². The van der Waals surface area contributed by atoms with E-state index in [2.05, 4.69) is 26.7 Å². The van der Waals surface area contributed by atoms with Crippen molar-refractivity contribution < 1.29 is 9.18 Å². The van der Waals surface area contributed by atoms with Crippen LogP contribution in [0.15, 0.2) is 73.1 Å². The Kier molecular flexibility index (Phi) is 5.52. The van der Waals surface area contributed by atoms with Crippen LogP contribution in [0.1, 0.15) is 21.5 Å². The van der Waals surface area contributed by atoms with Gasteiger partial charge in [-0.05, 0) is 47.9 Å². The molecule has 3 N–H and O–H groups in total. The van der Waals surface area contributed by atoms with E-state index in [1.807, 2.05) is 24.4 Å². The Morgan fingerprint density at radius 1 is 1.03 bits per heavy atom. The van der Waals surface area contributed by atoms with E-state index >= 15 is 0 Å². The first-order valence-corrected chi connectivity index (χ1v) is 9.46. The lowest BCUT2D eigenvalue weighted by molar-refractivity contribution is 0.0954. The van der Waals surface area contributed by atoms with Gasteiger partial charge in [0, 0.05) is 36.4 Å². The zero-order valence-electron chi connectivity index (χ0n) is 15.8. The maximum atomic E-state index is 12.9. The average molecular weight is 388 g/mol. The van der Waals surface area contributed by atoms with Crippen molar-refractivity contribution in [1.82, 2.24) is 15.3 Å². The molecule has 0 spiro atoms. The van der Waals surface area contributed by atoms with Crippen molar-refractivity contribution in [3.63, 3.8) is 0 Å². The summed E-state index contributed by atoms with van der Waals surface area (Å²) in [6, 6.07) is 17.9. The normalized spacial score (nSPS) is 10.8. The first kappa shape index (κ1) is 18.7. The summed E-state index contributed by atoms with van der Waals surface area (Å²) in [4.78, 5) is 19.9. The number of nitrogens with one attached hydrogen (secondary N) is 3. The lowest BCUT2D eigenvalue weighted by Gasteiger charge is -2.08. The molecule has 2 heterocycles. The molecule has 2 aromatic carbocycles. The minimum Gasteiger partial charge on any atom is -0.366 e. The minimum atomic E-state index is -0.257. The van der Waals surface area contributed by atoms with Crippen molar-refractivity contribution in [3.05, 3.63) is 95.6 Å². The minimum absolute atomic E-state index is 0.151. The molecular weight excluding hydrogens is 367 g/mol. The standard InChI is InChI=1S/C23H21FN4O/c24-19-8-5-16(6-9-19)13-27-22-10-7-18(15-28-22)23(29)25-12-11-17-14-26-21-4-2-1-3-20(17)21/h1-10,14-15,26H,11-13H2,(H,25,29)(H,27,28). The third-order valence-corrected chi connectivity index (χ3v) is 4.77. The molecule has 4 rings (SSSR count).